The third-order valence-corrected chi connectivity index (χ3v) is 2.79. The van der Waals surface area contributed by atoms with E-state index < -0.39 is 0 Å². The first kappa shape index (κ1) is 11.6. The van der Waals surface area contributed by atoms with Crippen LogP contribution in [0.3, 0.4) is 0 Å². The molecule has 0 bridgehead atoms. The molecular formula is C11H10ClN3O2. The first-order valence-electron chi connectivity index (χ1n) is 4.87. The summed E-state index contributed by atoms with van der Waals surface area (Å²) in [5.74, 6) is 0.536. The lowest BCUT2D eigenvalue weighted by Crippen LogP contribution is -2.04. The molecule has 1 aromatic heterocycles. The second-order valence-corrected chi connectivity index (χ2v) is 3.87. The topological polar surface area (TPSA) is 57.0 Å². The standard InChI is InChI=1S/C11H10ClN3O2/c1-7-3-10(11(17-2)4-9(7)12)15-8(6-16)5-13-14-15/h3-6H,1-2H3. The first-order chi connectivity index (χ1) is 8.17. The third kappa shape index (κ3) is 2.01. The molecule has 6 heteroatoms. The van der Waals surface area contributed by atoms with Gasteiger partial charge in [-0.25, -0.2) is 4.68 Å². The van der Waals surface area contributed by atoms with Gasteiger partial charge in [-0.1, -0.05) is 16.8 Å². The molecule has 0 aliphatic rings. The quantitative estimate of drug-likeness (QED) is 0.784. The monoisotopic (exact) mass is 251 g/mol. The van der Waals surface area contributed by atoms with Gasteiger partial charge < -0.3 is 4.74 Å². The highest BCUT2D eigenvalue weighted by Gasteiger charge is 2.13. The molecule has 2 aromatic rings. The van der Waals surface area contributed by atoms with Crippen LogP contribution >= 0.6 is 11.6 Å². The summed E-state index contributed by atoms with van der Waals surface area (Å²) in [6.45, 7) is 1.86. The lowest BCUT2D eigenvalue weighted by Gasteiger charge is -2.11. The molecule has 0 unspecified atom stereocenters. The molecule has 0 fully saturated rings. The molecule has 88 valence electrons. The molecule has 1 aromatic carbocycles. The number of aldehydes is 1. The molecule has 17 heavy (non-hydrogen) atoms. The highest BCUT2D eigenvalue weighted by atomic mass is 35.5. The van der Waals surface area contributed by atoms with Gasteiger partial charge in [0.15, 0.2) is 6.29 Å². The Morgan fingerprint density at radius 2 is 2.24 bits per heavy atom. The van der Waals surface area contributed by atoms with Crippen LogP contribution in [0.5, 0.6) is 5.75 Å². The number of carbonyl (C=O) groups is 1. The fraction of sp³-hybridized carbons (Fsp3) is 0.182. The van der Waals surface area contributed by atoms with E-state index >= 15 is 0 Å². The van der Waals surface area contributed by atoms with E-state index in [9.17, 15) is 4.79 Å². The second kappa shape index (κ2) is 4.55. The zero-order chi connectivity index (χ0) is 12.4. The second-order valence-electron chi connectivity index (χ2n) is 3.46. The summed E-state index contributed by atoms with van der Waals surface area (Å²) >= 11 is 6.00. The van der Waals surface area contributed by atoms with Gasteiger partial charge in [0, 0.05) is 11.1 Å². The number of ether oxygens (including phenoxy) is 1. The smallest absolute Gasteiger partial charge is 0.170 e. The number of carbonyl (C=O) groups excluding carboxylic acids is 1. The minimum atomic E-state index is 0.352. The summed E-state index contributed by atoms with van der Waals surface area (Å²) < 4.78 is 6.63. The summed E-state index contributed by atoms with van der Waals surface area (Å²) in [5.41, 5.74) is 1.86. The molecule has 0 aliphatic heterocycles. The minimum Gasteiger partial charge on any atom is -0.494 e. The molecule has 0 aliphatic carbocycles. The van der Waals surface area contributed by atoms with Crippen LogP contribution in [0, 0.1) is 6.92 Å². The van der Waals surface area contributed by atoms with Crippen LogP contribution in [0.1, 0.15) is 16.1 Å². The van der Waals surface area contributed by atoms with Crippen molar-refractivity contribution in [2.45, 2.75) is 6.92 Å². The maximum absolute atomic E-state index is 10.8. The van der Waals surface area contributed by atoms with Gasteiger partial charge in [0.05, 0.1) is 13.3 Å². The van der Waals surface area contributed by atoms with E-state index in [0.29, 0.717) is 28.4 Å². The number of hydrogen-bond acceptors (Lipinski definition) is 4. The molecule has 0 saturated heterocycles. The van der Waals surface area contributed by atoms with Crippen molar-refractivity contribution in [1.29, 1.82) is 0 Å². The van der Waals surface area contributed by atoms with Crippen molar-refractivity contribution in [1.82, 2.24) is 15.0 Å². The van der Waals surface area contributed by atoms with E-state index in [2.05, 4.69) is 10.3 Å². The van der Waals surface area contributed by atoms with Gasteiger partial charge in [0.25, 0.3) is 0 Å². The molecule has 0 atom stereocenters. The van der Waals surface area contributed by atoms with E-state index in [1.165, 1.54) is 18.0 Å². The van der Waals surface area contributed by atoms with E-state index in [-0.39, 0.29) is 0 Å². The van der Waals surface area contributed by atoms with Gasteiger partial charge >= 0.3 is 0 Å². The normalized spacial score (nSPS) is 10.3. The van der Waals surface area contributed by atoms with Crippen LogP contribution in [0.2, 0.25) is 5.02 Å². The van der Waals surface area contributed by atoms with Gasteiger partial charge in [0.1, 0.15) is 17.1 Å². The fourth-order valence-electron chi connectivity index (χ4n) is 1.49. The van der Waals surface area contributed by atoms with E-state index in [1.807, 2.05) is 6.92 Å². The highest BCUT2D eigenvalue weighted by Crippen LogP contribution is 2.29. The van der Waals surface area contributed by atoms with Crippen LogP contribution in [0.15, 0.2) is 18.3 Å². The number of hydrogen-bond donors (Lipinski definition) is 0. The first-order valence-corrected chi connectivity index (χ1v) is 5.25. The van der Waals surface area contributed by atoms with E-state index in [0.717, 1.165) is 5.56 Å². The number of aryl methyl sites for hydroxylation is 1. The maximum atomic E-state index is 10.8. The number of rotatable bonds is 3. The lowest BCUT2D eigenvalue weighted by atomic mass is 10.2. The van der Waals surface area contributed by atoms with Gasteiger partial charge in [-0.05, 0) is 18.6 Å². The Bertz CT molecular complexity index is 566. The van der Waals surface area contributed by atoms with Crippen molar-refractivity contribution in [3.8, 4) is 11.4 Å². The largest absolute Gasteiger partial charge is 0.494 e. The Labute approximate surface area is 103 Å². The summed E-state index contributed by atoms with van der Waals surface area (Å²) in [6.07, 6.45) is 2.07. The zero-order valence-corrected chi connectivity index (χ0v) is 10.1. The SMILES string of the molecule is COc1cc(Cl)c(C)cc1-n1nncc1C=O. The van der Waals surface area contributed by atoms with Gasteiger partial charge in [-0.15, -0.1) is 5.10 Å². The van der Waals surface area contributed by atoms with E-state index in [1.54, 1.807) is 12.1 Å². The average molecular weight is 252 g/mol. The zero-order valence-electron chi connectivity index (χ0n) is 9.35. The van der Waals surface area contributed by atoms with Crippen LogP contribution in [0.4, 0.5) is 0 Å². The predicted octanol–water partition coefficient (Wildman–Crippen LogP) is 2.05. The number of methoxy groups -OCH3 is 1. The van der Waals surface area contributed by atoms with Gasteiger partial charge in [-0.2, -0.15) is 0 Å². The molecule has 0 saturated carbocycles. The van der Waals surface area contributed by atoms with Crippen molar-refractivity contribution in [2.75, 3.05) is 7.11 Å². The molecule has 0 radical (unpaired) electrons. The Morgan fingerprint density at radius 1 is 1.47 bits per heavy atom. The summed E-state index contributed by atoms with van der Waals surface area (Å²) in [4.78, 5) is 10.8. The molecule has 0 spiro atoms. The van der Waals surface area contributed by atoms with Gasteiger partial charge in [-0.3, -0.25) is 4.79 Å². The molecule has 2 rings (SSSR count). The number of aromatic nitrogens is 3. The number of nitrogens with zero attached hydrogens (tertiary/aromatic N) is 3. The molecule has 0 N–H and O–H groups in total. The number of halogens is 1. The van der Waals surface area contributed by atoms with E-state index in [4.69, 9.17) is 16.3 Å². The Morgan fingerprint density at radius 3 is 2.88 bits per heavy atom. The third-order valence-electron chi connectivity index (χ3n) is 2.38. The molecule has 5 nitrogen and oxygen atoms in total. The van der Waals surface area contributed by atoms with Crippen LogP contribution < -0.4 is 4.74 Å². The Balaban J connectivity index is 2.66. The highest BCUT2D eigenvalue weighted by molar-refractivity contribution is 6.31. The predicted molar refractivity (Wildman–Crippen MR) is 63.0 cm³/mol. The number of benzene rings is 1. The van der Waals surface area contributed by atoms with Crippen LogP contribution in [-0.4, -0.2) is 28.4 Å². The van der Waals surface area contributed by atoms with Crippen molar-refractivity contribution in [3.63, 3.8) is 0 Å². The molecule has 1 heterocycles. The van der Waals surface area contributed by atoms with Crippen LogP contribution in [0.25, 0.3) is 5.69 Å². The minimum absolute atomic E-state index is 0.352. The summed E-state index contributed by atoms with van der Waals surface area (Å²) in [6, 6.07) is 3.48. The average Bonchev–Trinajstić information content (AvgIpc) is 2.80. The van der Waals surface area contributed by atoms with Crippen molar-refractivity contribution in [2.24, 2.45) is 0 Å². The maximum Gasteiger partial charge on any atom is 0.170 e. The van der Waals surface area contributed by atoms with Crippen molar-refractivity contribution < 1.29 is 9.53 Å². The van der Waals surface area contributed by atoms with Crippen LogP contribution in [-0.2, 0) is 0 Å². The fourth-order valence-corrected chi connectivity index (χ4v) is 1.64. The van der Waals surface area contributed by atoms with Crippen molar-refractivity contribution in [3.05, 3.63) is 34.6 Å². The Kier molecular flexibility index (Phi) is 3.10. The van der Waals surface area contributed by atoms with Crippen molar-refractivity contribution >= 4 is 17.9 Å². The Hall–Kier alpha value is -1.88. The lowest BCUT2D eigenvalue weighted by molar-refractivity contribution is 0.111. The summed E-state index contributed by atoms with van der Waals surface area (Å²) in [5, 5.41) is 8.13. The van der Waals surface area contributed by atoms with Gasteiger partial charge in [0.2, 0.25) is 0 Å². The molecular weight excluding hydrogens is 242 g/mol. The molecule has 0 amide bonds. The summed E-state index contributed by atoms with van der Waals surface area (Å²) in [7, 11) is 1.53.